The van der Waals surface area contributed by atoms with Gasteiger partial charge in [0.1, 0.15) is 5.76 Å². The molecule has 0 radical (unpaired) electrons. The number of carbonyl (C=O) groups excluding carboxylic acids is 1. The zero-order valence-electron chi connectivity index (χ0n) is 10.7. The van der Waals surface area contributed by atoms with Crippen molar-refractivity contribution in [2.24, 2.45) is 5.92 Å². The van der Waals surface area contributed by atoms with Crippen molar-refractivity contribution < 1.29 is 24.0 Å². The first kappa shape index (κ1) is 13.4. The van der Waals surface area contributed by atoms with E-state index >= 15 is 0 Å². The molecule has 1 N–H and O–H groups in total. The molecule has 7 nitrogen and oxygen atoms in total. The summed E-state index contributed by atoms with van der Waals surface area (Å²) in [6.07, 6.45) is 0.980. The lowest BCUT2D eigenvalue weighted by Gasteiger charge is -2.29. The van der Waals surface area contributed by atoms with Crippen LogP contribution in [0.5, 0.6) is 5.88 Å². The van der Waals surface area contributed by atoms with Gasteiger partial charge in [0.25, 0.3) is 11.8 Å². The summed E-state index contributed by atoms with van der Waals surface area (Å²) < 4.78 is 10.0. The van der Waals surface area contributed by atoms with Crippen LogP contribution in [0.4, 0.5) is 0 Å². The van der Waals surface area contributed by atoms with Crippen molar-refractivity contribution in [2.75, 3.05) is 19.7 Å². The summed E-state index contributed by atoms with van der Waals surface area (Å²) in [6.45, 7) is 2.54. The Labute approximate surface area is 110 Å². The minimum atomic E-state index is -0.790. The van der Waals surface area contributed by atoms with Crippen molar-refractivity contribution in [1.82, 2.24) is 10.1 Å². The van der Waals surface area contributed by atoms with Crippen LogP contribution in [0.2, 0.25) is 0 Å². The number of ether oxygens (including phenoxy) is 1. The molecule has 0 aromatic carbocycles. The van der Waals surface area contributed by atoms with Crippen molar-refractivity contribution in [3.05, 3.63) is 11.8 Å². The molecule has 1 aliphatic heterocycles. The minimum absolute atomic E-state index is 0.107. The molecule has 7 heteroatoms. The van der Waals surface area contributed by atoms with Gasteiger partial charge in [0.05, 0.1) is 5.92 Å². The van der Waals surface area contributed by atoms with Gasteiger partial charge < -0.3 is 19.3 Å². The third kappa shape index (κ3) is 3.46. The molecule has 2 rings (SSSR count). The topological polar surface area (TPSA) is 92.9 Å². The van der Waals surface area contributed by atoms with Crippen LogP contribution in [-0.2, 0) is 9.59 Å². The average molecular weight is 268 g/mol. The molecule has 2 heterocycles. The van der Waals surface area contributed by atoms with Crippen molar-refractivity contribution in [3.63, 3.8) is 0 Å². The molecule has 0 aliphatic carbocycles. The van der Waals surface area contributed by atoms with Gasteiger partial charge in [-0.05, 0) is 24.9 Å². The maximum Gasteiger partial charge on any atom is 0.306 e. The van der Waals surface area contributed by atoms with Gasteiger partial charge in [0.15, 0.2) is 6.61 Å². The van der Waals surface area contributed by atoms with Crippen LogP contribution in [-0.4, -0.2) is 46.7 Å². The van der Waals surface area contributed by atoms with Crippen molar-refractivity contribution in [2.45, 2.75) is 19.8 Å². The first-order valence-corrected chi connectivity index (χ1v) is 6.13. The maximum atomic E-state index is 11.8. The highest BCUT2D eigenvalue weighted by molar-refractivity contribution is 5.78. The zero-order chi connectivity index (χ0) is 13.8. The van der Waals surface area contributed by atoms with E-state index < -0.39 is 5.97 Å². The highest BCUT2D eigenvalue weighted by atomic mass is 16.5. The standard InChI is InChI=1S/C12H16N2O5/c1-8-6-10(13-19-8)18-7-11(15)14-4-2-9(3-5-14)12(16)17/h6,9H,2-5,7H2,1H3,(H,16,17). The number of amides is 1. The second-order valence-electron chi connectivity index (χ2n) is 4.56. The second kappa shape index (κ2) is 5.73. The quantitative estimate of drug-likeness (QED) is 0.863. The van der Waals surface area contributed by atoms with E-state index in [1.54, 1.807) is 17.9 Å². The largest absolute Gasteiger partial charge is 0.481 e. The molecule has 19 heavy (non-hydrogen) atoms. The van der Waals surface area contributed by atoms with Gasteiger partial charge in [0, 0.05) is 19.2 Å². The Bertz CT molecular complexity index is 462. The molecule has 1 aromatic rings. The fourth-order valence-electron chi connectivity index (χ4n) is 2.01. The molecule has 0 spiro atoms. The minimum Gasteiger partial charge on any atom is -0.481 e. The molecule has 1 fully saturated rings. The molecular weight excluding hydrogens is 252 g/mol. The van der Waals surface area contributed by atoms with Crippen molar-refractivity contribution >= 4 is 11.9 Å². The van der Waals surface area contributed by atoms with Crippen LogP contribution in [0, 0.1) is 12.8 Å². The third-order valence-corrected chi connectivity index (χ3v) is 3.15. The predicted octanol–water partition coefficient (Wildman–Crippen LogP) is 0.685. The Kier molecular flexibility index (Phi) is 4.03. The van der Waals surface area contributed by atoms with Gasteiger partial charge in [0.2, 0.25) is 0 Å². The normalized spacial score (nSPS) is 16.4. The monoisotopic (exact) mass is 268 g/mol. The van der Waals surface area contributed by atoms with Gasteiger partial charge >= 0.3 is 5.97 Å². The Morgan fingerprint density at radius 1 is 1.53 bits per heavy atom. The number of hydrogen-bond donors (Lipinski definition) is 1. The van der Waals surface area contributed by atoms with Crippen molar-refractivity contribution in [1.29, 1.82) is 0 Å². The van der Waals surface area contributed by atoms with Crippen LogP contribution in [0.3, 0.4) is 0 Å². The molecule has 1 saturated heterocycles. The number of aliphatic carboxylic acids is 1. The molecule has 0 bridgehead atoms. The summed E-state index contributed by atoms with van der Waals surface area (Å²) >= 11 is 0. The number of carbonyl (C=O) groups is 2. The van der Waals surface area contributed by atoms with Crippen LogP contribution in [0.25, 0.3) is 0 Å². The molecule has 104 valence electrons. The number of aromatic nitrogens is 1. The first-order chi connectivity index (χ1) is 9.06. The van der Waals surface area contributed by atoms with Crippen LogP contribution in [0.15, 0.2) is 10.6 Å². The number of carboxylic acids is 1. The Morgan fingerprint density at radius 2 is 2.21 bits per heavy atom. The summed E-state index contributed by atoms with van der Waals surface area (Å²) in [5.41, 5.74) is 0. The molecule has 1 aromatic heterocycles. The van der Waals surface area contributed by atoms with Gasteiger partial charge in [-0.1, -0.05) is 0 Å². The SMILES string of the molecule is Cc1cc(OCC(=O)N2CCC(C(=O)O)CC2)no1. The zero-order valence-corrected chi connectivity index (χ0v) is 10.7. The van der Waals surface area contributed by atoms with Crippen molar-refractivity contribution in [3.8, 4) is 5.88 Å². The number of nitrogens with zero attached hydrogens (tertiary/aromatic N) is 2. The van der Waals surface area contributed by atoms with E-state index in [2.05, 4.69) is 5.16 Å². The highest BCUT2D eigenvalue weighted by Crippen LogP contribution is 2.17. The Morgan fingerprint density at radius 3 is 2.74 bits per heavy atom. The number of rotatable bonds is 4. The Hall–Kier alpha value is -2.05. The van der Waals surface area contributed by atoms with Crippen LogP contribution >= 0.6 is 0 Å². The first-order valence-electron chi connectivity index (χ1n) is 6.13. The fourth-order valence-corrected chi connectivity index (χ4v) is 2.01. The number of aryl methyl sites for hydroxylation is 1. The van der Waals surface area contributed by atoms with E-state index in [0.29, 0.717) is 31.7 Å². The van der Waals surface area contributed by atoms with E-state index in [-0.39, 0.29) is 24.3 Å². The van der Waals surface area contributed by atoms with E-state index in [0.717, 1.165) is 0 Å². The lowest BCUT2D eigenvalue weighted by molar-refractivity contribution is -0.146. The summed E-state index contributed by atoms with van der Waals surface area (Å²) in [4.78, 5) is 24.3. The van der Waals surface area contributed by atoms with E-state index in [1.165, 1.54) is 0 Å². The van der Waals surface area contributed by atoms with Gasteiger partial charge in [-0.3, -0.25) is 9.59 Å². The van der Waals surface area contributed by atoms with E-state index in [1.807, 2.05) is 0 Å². The van der Waals surface area contributed by atoms with Gasteiger partial charge in [-0.2, -0.15) is 0 Å². The van der Waals surface area contributed by atoms with Crippen LogP contribution in [0.1, 0.15) is 18.6 Å². The molecule has 1 aliphatic rings. The predicted molar refractivity (Wildman–Crippen MR) is 63.7 cm³/mol. The Balaban J connectivity index is 1.77. The number of piperidine rings is 1. The average Bonchev–Trinajstić information content (AvgIpc) is 2.82. The summed E-state index contributed by atoms with van der Waals surface area (Å²) in [5.74, 6) is -0.398. The number of likely N-dealkylation sites (tertiary alicyclic amines) is 1. The third-order valence-electron chi connectivity index (χ3n) is 3.15. The maximum absolute atomic E-state index is 11.8. The molecule has 1 amide bonds. The highest BCUT2D eigenvalue weighted by Gasteiger charge is 2.27. The lowest BCUT2D eigenvalue weighted by Crippen LogP contribution is -2.42. The molecule has 0 unspecified atom stereocenters. The number of carboxylic acid groups (broad SMARTS) is 1. The second-order valence-corrected chi connectivity index (χ2v) is 4.56. The lowest BCUT2D eigenvalue weighted by atomic mass is 9.97. The molecular formula is C12H16N2O5. The van der Waals surface area contributed by atoms with Gasteiger partial charge in [-0.25, -0.2) is 0 Å². The van der Waals surface area contributed by atoms with Crippen LogP contribution < -0.4 is 4.74 Å². The molecule has 0 atom stereocenters. The summed E-state index contributed by atoms with van der Waals surface area (Å²) in [7, 11) is 0. The van der Waals surface area contributed by atoms with Gasteiger partial charge in [-0.15, -0.1) is 0 Å². The number of hydrogen-bond acceptors (Lipinski definition) is 5. The van der Waals surface area contributed by atoms with E-state index in [4.69, 9.17) is 14.4 Å². The fraction of sp³-hybridized carbons (Fsp3) is 0.583. The summed E-state index contributed by atoms with van der Waals surface area (Å²) in [6, 6.07) is 1.60. The summed E-state index contributed by atoms with van der Waals surface area (Å²) in [5, 5.41) is 12.5. The smallest absolute Gasteiger partial charge is 0.306 e. The van der Waals surface area contributed by atoms with E-state index in [9.17, 15) is 9.59 Å². The molecule has 0 saturated carbocycles.